The van der Waals surface area contributed by atoms with Gasteiger partial charge < -0.3 is 9.47 Å². The fourth-order valence-electron chi connectivity index (χ4n) is 4.39. The Kier molecular flexibility index (Phi) is 6.32. The van der Waals surface area contributed by atoms with Gasteiger partial charge in [-0.1, -0.05) is 26.2 Å². The van der Waals surface area contributed by atoms with E-state index in [1.54, 1.807) is 19.9 Å². The van der Waals surface area contributed by atoms with Crippen molar-refractivity contribution >= 4 is 11.9 Å². The van der Waals surface area contributed by atoms with Crippen molar-refractivity contribution in [2.24, 2.45) is 11.3 Å². The smallest absolute Gasteiger partial charge is 0.333 e. The molecule has 6 heteroatoms. The van der Waals surface area contributed by atoms with Crippen LogP contribution in [0.4, 0.5) is 0 Å². The lowest BCUT2D eigenvalue weighted by Gasteiger charge is -2.56. The van der Waals surface area contributed by atoms with Crippen LogP contribution >= 0.6 is 0 Å². The number of rotatable bonds is 5. The highest BCUT2D eigenvalue weighted by molar-refractivity contribution is 5.88. The summed E-state index contributed by atoms with van der Waals surface area (Å²) in [6.07, 6.45) is 4.25. The van der Waals surface area contributed by atoms with Crippen LogP contribution in [0.15, 0.2) is 36.0 Å². The van der Waals surface area contributed by atoms with Gasteiger partial charge in [0.25, 0.3) is 0 Å². The van der Waals surface area contributed by atoms with Crippen molar-refractivity contribution in [1.29, 1.82) is 0 Å². The molecule has 27 heavy (non-hydrogen) atoms. The van der Waals surface area contributed by atoms with Crippen molar-refractivity contribution in [3.05, 3.63) is 36.0 Å². The van der Waals surface area contributed by atoms with E-state index in [9.17, 15) is 14.8 Å². The van der Waals surface area contributed by atoms with Crippen LogP contribution in [-0.2, 0) is 24.0 Å². The molecular formula is C21H30O6. The lowest BCUT2D eigenvalue weighted by Crippen LogP contribution is -2.59. The quantitative estimate of drug-likeness (QED) is 0.256. The fourth-order valence-corrected chi connectivity index (χ4v) is 4.39. The molecule has 0 spiro atoms. The van der Waals surface area contributed by atoms with Crippen molar-refractivity contribution in [2.45, 2.75) is 64.6 Å². The summed E-state index contributed by atoms with van der Waals surface area (Å²) in [6.45, 7) is 13.5. The fraction of sp³-hybridized carbons (Fsp3) is 0.619. The molecule has 0 bridgehead atoms. The average Bonchev–Trinajstić information content (AvgIpc) is 2.68. The summed E-state index contributed by atoms with van der Waals surface area (Å²) < 4.78 is 10.4. The number of carbonyl (C=O) groups excluding carboxylic acids is 2. The summed E-state index contributed by atoms with van der Waals surface area (Å²) in [4.78, 5) is 29.2. The number of fused-ring (bicyclic) bond motifs is 1. The van der Waals surface area contributed by atoms with E-state index in [2.05, 4.69) is 13.2 Å². The Labute approximate surface area is 160 Å². The van der Waals surface area contributed by atoms with Gasteiger partial charge in [-0.25, -0.2) is 14.5 Å². The lowest BCUT2D eigenvalue weighted by atomic mass is 9.52. The highest BCUT2D eigenvalue weighted by atomic mass is 17.1. The normalized spacial score (nSPS) is 33.8. The zero-order valence-electron chi connectivity index (χ0n) is 16.7. The molecule has 2 aliphatic carbocycles. The van der Waals surface area contributed by atoms with Crippen molar-refractivity contribution in [1.82, 2.24) is 0 Å². The van der Waals surface area contributed by atoms with Crippen LogP contribution in [0, 0.1) is 11.3 Å². The number of methoxy groups -OCH3 is 1. The van der Waals surface area contributed by atoms with Gasteiger partial charge in [-0.15, -0.1) is 0 Å². The van der Waals surface area contributed by atoms with E-state index in [0.29, 0.717) is 36.0 Å². The Morgan fingerprint density at radius 2 is 1.89 bits per heavy atom. The Bertz CT molecular complexity index is 678. The first-order valence-corrected chi connectivity index (χ1v) is 9.28. The van der Waals surface area contributed by atoms with Crippen molar-refractivity contribution in [3.8, 4) is 0 Å². The third kappa shape index (κ3) is 3.60. The third-order valence-electron chi connectivity index (χ3n) is 6.52. The molecule has 0 aromatic heterocycles. The predicted octanol–water partition coefficient (Wildman–Crippen LogP) is 3.98. The zero-order chi connectivity index (χ0) is 20.4. The molecule has 150 valence electrons. The number of allylic oxidation sites excluding steroid dienone is 1. The molecule has 2 aliphatic rings. The van der Waals surface area contributed by atoms with Gasteiger partial charge in [-0.3, -0.25) is 5.26 Å². The number of hydrogen-bond acceptors (Lipinski definition) is 6. The number of esters is 2. The van der Waals surface area contributed by atoms with Crippen LogP contribution in [0.25, 0.3) is 0 Å². The Balaban J connectivity index is 2.31. The summed E-state index contributed by atoms with van der Waals surface area (Å²) in [5.41, 5.74) is -0.0915. The monoisotopic (exact) mass is 378 g/mol. The highest BCUT2D eigenvalue weighted by Crippen LogP contribution is 2.59. The molecule has 0 saturated heterocycles. The van der Waals surface area contributed by atoms with Crippen LogP contribution in [0.5, 0.6) is 0 Å². The molecule has 0 aliphatic heterocycles. The molecule has 0 radical (unpaired) electrons. The first-order valence-electron chi connectivity index (χ1n) is 9.28. The van der Waals surface area contributed by atoms with E-state index >= 15 is 0 Å². The second kappa shape index (κ2) is 7.98. The molecule has 2 saturated carbocycles. The van der Waals surface area contributed by atoms with E-state index in [1.165, 1.54) is 7.11 Å². The summed E-state index contributed by atoms with van der Waals surface area (Å²) in [6, 6.07) is 0. The standard InChI is InChI=1S/C21H30O6/c1-7-13(2)18(22)26-17-9-11-20(5)10-8-16(14(3)19(23)25-6)12-21(20,27-24)15(17)4/h7,16-17,24H,3-4,8-12H2,1-2,5-6H3/b13-7-/t16-,17+,20+,21-/m1/s1. The molecule has 0 aromatic rings. The zero-order valence-corrected chi connectivity index (χ0v) is 16.7. The van der Waals surface area contributed by atoms with Crippen molar-refractivity contribution < 1.29 is 29.2 Å². The maximum Gasteiger partial charge on any atom is 0.333 e. The summed E-state index contributed by atoms with van der Waals surface area (Å²) in [5, 5.41) is 9.96. The topological polar surface area (TPSA) is 82.1 Å². The predicted molar refractivity (Wildman–Crippen MR) is 101 cm³/mol. The van der Waals surface area contributed by atoms with Crippen molar-refractivity contribution in [2.75, 3.05) is 7.11 Å². The molecule has 0 unspecified atom stereocenters. The molecule has 2 fully saturated rings. The number of ether oxygens (including phenoxy) is 2. The van der Waals surface area contributed by atoms with E-state index in [4.69, 9.17) is 14.4 Å². The molecule has 0 aromatic carbocycles. The molecule has 4 atom stereocenters. The van der Waals surface area contributed by atoms with Gasteiger partial charge in [0.05, 0.1) is 7.11 Å². The van der Waals surface area contributed by atoms with Gasteiger partial charge in [0, 0.05) is 16.6 Å². The second-order valence-corrected chi connectivity index (χ2v) is 7.87. The Morgan fingerprint density at radius 1 is 1.26 bits per heavy atom. The summed E-state index contributed by atoms with van der Waals surface area (Å²) in [5.74, 6) is -1.09. The molecule has 0 amide bonds. The van der Waals surface area contributed by atoms with Crippen molar-refractivity contribution in [3.63, 3.8) is 0 Å². The van der Waals surface area contributed by atoms with E-state index in [1.807, 2.05) is 6.92 Å². The van der Waals surface area contributed by atoms with Gasteiger partial charge >= 0.3 is 11.9 Å². The van der Waals surface area contributed by atoms with E-state index in [0.717, 1.165) is 12.8 Å². The first-order chi connectivity index (χ1) is 12.7. The van der Waals surface area contributed by atoms with Gasteiger partial charge in [0.1, 0.15) is 11.7 Å². The Morgan fingerprint density at radius 3 is 2.44 bits per heavy atom. The average molecular weight is 378 g/mol. The minimum atomic E-state index is -1.11. The third-order valence-corrected chi connectivity index (χ3v) is 6.52. The lowest BCUT2D eigenvalue weighted by molar-refractivity contribution is -0.357. The maximum atomic E-state index is 12.2. The molecular weight excluding hydrogens is 348 g/mol. The summed E-state index contributed by atoms with van der Waals surface area (Å²) >= 11 is 0. The minimum Gasteiger partial charge on any atom is -0.466 e. The molecule has 6 nitrogen and oxygen atoms in total. The number of carbonyl (C=O) groups is 2. The van der Waals surface area contributed by atoms with E-state index in [-0.39, 0.29) is 11.3 Å². The van der Waals surface area contributed by atoms with Crippen LogP contribution in [-0.4, -0.2) is 36.0 Å². The first kappa shape index (κ1) is 21.4. The SMILES string of the molecule is C=C(C(=O)OC)[C@@H]1CC[C@@]2(C)CC[C@H](OC(=O)/C(C)=C\C)C(=C)[C@]2(OO)C1. The van der Waals surface area contributed by atoms with Crippen LogP contribution < -0.4 is 0 Å². The molecule has 2 rings (SSSR count). The molecule has 1 N–H and O–H groups in total. The minimum absolute atomic E-state index is 0.207. The van der Waals surface area contributed by atoms with Gasteiger partial charge in [0.2, 0.25) is 0 Å². The summed E-state index contributed by atoms with van der Waals surface area (Å²) in [7, 11) is 1.32. The molecule has 0 heterocycles. The van der Waals surface area contributed by atoms with Crippen LogP contribution in [0.1, 0.15) is 52.9 Å². The second-order valence-electron chi connectivity index (χ2n) is 7.87. The Hall–Kier alpha value is -1.92. The van der Waals surface area contributed by atoms with Gasteiger partial charge in [0.15, 0.2) is 0 Å². The number of hydrogen-bond donors (Lipinski definition) is 1. The largest absolute Gasteiger partial charge is 0.466 e. The van der Waals surface area contributed by atoms with Gasteiger partial charge in [-0.2, -0.15) is 0 Å². The maximum absolute atomic E-state index is 12.2. The van der Waals surface area contributed by atoms with Crippen LogP contribution in [0.2, 0.25) is 0 Å². The van der Waals surface area contributed by atoms with Crippen LogP contribution in [0.3, 0.4) is 0 Å². The highest BCUT2D eigenvalue weighted by Gasteiger charge is 2.60. The van der Waals surface area contributed by atoms with E-state index < -0.39 is 23.6 Å². The van der Waals surface area contributed by atoms with Gasteiger partial charge in [-0.05, 0) is 57.4 Å².